The molecule has 0 heteroatoms. The van der Waals surface area contributed by atoms with Crippen molar-refractivity contribution in [1.29, 1.82) is 0 Å². The summed E-state index contributed by atoms with van der Waals surface area (Å²) in [7, 11) is 0. The molecule has 16 heavy (non-hydrogen) atoms. The van der Waals surface area contributed by atoms with Crippen molar-refractivity contribution in [1.82, 2.24) is 0 Å². The van der Waals surface area contributed by atoms with Gasteiger partial charge in [0.15, 0.2) is 0 Å². The van der Waals surface area contributed by atoms with Gasteiger partial charge in [-0.15, -0.1) is 25.7 Å². The largest absolute Gasteiger partial charge is 0.119 e. The summed E-state index contributed by atoms with van der Waals surface area (Å²) in [6, 6.07) is 0. The number of rotatable bonds is 0. The highest BCUT2D eigenvalue weighted by molar-refractivity contribution is 5.77. The standard InChI is InChI=1S/C16H8/c1-5-13-9-10-11(13)16(8-4)14(10,6-2)12(9)15(13,16)7-3/h1-4,9-12H. The molecule has 0 amide bonds. The van der Waals surface area contributed by atoms with E-state index < -0.39 is 0 Å². The molecule has 0 nitrogen and oxygen atoms in total. The lowest BCUT2D eigenvalue weighted by Gasteiger charge is -3.14. The van der Waals surface area contributed by atoms with Gasteiger partial charge in [-0.25, -0.2) is 0 Å². The number of hydrogen-bond donors (Lipinski definition) is 0. The average molecular weight is 200 g/mol. The zero-order chi connectivity index (χ0) is 11.1. The summed E-state index contributed by atoms with van der Waals surface area (Å²) < 4.78 is 0. The highest BCUT2D eigenvalue weighted by Crippen LogP contribution is 3.18. The van der Waals surface area contributed by atoms with Gasteiger partial charge in [0.2, 0.25) is 0 Å². The normalized spacial score (nSPS) is 76.2. The monoisotopic (exact) mass is 200 g/mol. The summed E-state index contributed by atoms with van der Waals surface area (Å²) in [5, 5.41) is 0. The molecule has 6 aliphatic carbocycles. The van der Waals surface area contributed by atoms with Gasteiger partial charge in [0.05, 0.1) is 21.7 Å². The molecule has 0 saturated heterocycles. The van der Waals surface area contributed by atoms with Crippen LogP contribution in [0.2, 0.25) is 0 Å². The Kier molecular flexibility index (Phi) is 0.636. The van der Waals surface area contributed by atoms with Crippen LogP contribution < -0.4 is 0 Å². The predicted octanol–water partition coefficient (Wildman–Crippen LogP) is 0.998. The van der Waals surface area contributed by atoms with Crippen LogP contribution in [-0.4, -0.2) is 0 Å². The quantitative estimate of drug-likeness (QED) is 0.512. The lowest BCUT2D eigenvalue weighted by atomic mass is 8.84. The third kappa shape index (κ3) is 0.213. The molecule has 0 radical (unpaired) electrons. The van der Waals surface area contributed by atoms with E-state index in [1.165, 1.54) is 0 Å². The number of terminal acetylenes is 4. The van der Waals surface area contributed by atoms with Crippen LogP contribution >= 0.6 is 0 Å². The molecule has 6 fully saturated rings. The Morgan fingerprint density at radius 1 is 0.625 bits per heavy atom. The van der Waals surface area contributed by atoms with E-state index in [4.69, 9.17) is 25.7 Å². The van der Waals surface area contributed by atoms with Gasteiger partial charge in [0, 0.05) is 11.8 Å². The molecule has 0 bridgehead atoms. The van der Waals surface area contributed by atoms with Gasteiger partial charge in [0.25, 0.3) is 0 Å². The second kappa shape index (κ2) is 1.36. The second-order valence-corrected chi connectivity index (χ2v) is 5.94. The third-order valence-corrected chi connectivity index (χ3v) is 6.93. The molecule has 6 saturated carbocycles. The molecule has 0 spiro atoms. The van der Waals surface area contributed by atoms with Gasteiger partial charge in [-0.3, -0.25) is 0 Å². The fourth-order valence-corrected chi connectivity index (χ4v) is 7.04. The highest BCUT2D eigenvalue weighted by Gasteiger charge is 3.21. The Bertz CT molecular complexity index is 611. The van der Waals surface area contributed by atoms with Crippen molar-refractivity contribution in [2.75, 3.05) is 0 Å². The molecule has 0 aromatic heterocycles. The van der Waals surface area contributed by atoms with E-state index in [1.807, 2.05) is 0 Å². The first-order valence-electron chi connectivity index (χ1n) is 5.64. The summed E-state index contributed by atoms with van der Waals surface area (Å²) in [5.74, 6) is 13.9. The van der Waals surface area contributed by atoms with E-state index >= 15 is 0 Å². The Labute approximate surface area is 95.2 Å². The maximum atomic E-state index is 5.75. The predicted molar refractivity (Wildman–Crippen MR) is 59.0 cm³/mol. The van der Waals surface area contributed by atoms with Crippen molar-refractivity contribution in [2.45, 2.75) is 0 Å². The van der Waals surface area contributed by atoms with Crippen molar-refractivity contribution < 1.29 is 0 Å². The summed E-state index contributed by atoms with van der Waals surface area (Å²) in [5.41, 5.74) is -0.552. The molecule has 72 valence electrons. The molecule has 0 aromatic carbocycles. The molecule has 0 aliphatic heterocycles. The molecule has 6 rings (SSSR count). The molecule has 0 aromatic rings. The van der Waals surface area contributed by atoms with Crippen molar-refractivity contribution in [3.05, 3.63) is 0 Å². The minimum absolute atomic E-state index is 0.0535. The Morgan fingerprint density at radius 2 is 1.00 bits per heavy atom. The molecule has 8 unspecified atom stereocenters. The average Bonchev–Trinajstić information content (AvgIpc) is 2.35. The van der Waals surface area contributed by atoms with Crippen molar-refractivity contribution in [3.8, 4) is 49.4 Å². The maximum Gasteiger partial charge on any atom is 0.0713 e. The maximum absolute atomic E-state index is 5.75. The van der Waals surface area contributed by atoms with Gasteiger partial charge < -0.3 is 0 Å². The minimum atomic E-state index is -0.222. The molecule has 6 aliphatic rings. The first kappa shape index (κ1) is 7.50. The third-order valence-electron chi connectivity index (χ3n) is 6.93. The number of hydrogen-bond acceptors (Lipinski definition) is 0. The van der Waals surface area contributed by atoms with Gasteiger partial charge in [-0.2, -0.15) is 0 Å². The van der Waals surface area contributed by atoms with Crippen molar-refractivity contribution in [2.24, 2.45) is 45.3 Å². The topological polar surface area (TPSA) is 0 Å². The van der Waals surface area contributed by atoms with Crippen LogP contribution in [0.25, 0.3) is 0 Å². The van der Waals surface area contributed by atoms with Crippen LogP contribution in [-0.2, 0) is 0 Å². The van der Waals surface area contributed by atoms with Crippen molar-refractivity contribution >= 4 is 0 Å². The lowest BCUT2D eigenvalue weighted by Crippen LogP contribution is -3.17. The smallest absolute Gasteiger partial charge is 0.0713 e. The van der Waals surface area contributed by atoms with Gasteiger partial charge in [-0.05, 0) is 11.8 Å². The van der Waals surface area contributed by atoms with Crippen LogP contribution in [0.4, 0.5) is 0 Å². The van der Waals surface area contributed by atoms with Gasteiger partial charge in [0.1, 0.15) is 0 Å². The fourth-order valence-electron chi connectivity index (χ4n) is 7.04. The van der Waals surface area contributed by atoms with E-state index in [-0.39, 0.29) is 21.7 Å². The van der Waals surface area contributed by atoms with Gasteiger partial charge >= 0.3 is 0 Å². The first-order valence-corrected chi connectivity index (χ1v) is 5.64. The van der Waals surface area contributed by atoms with E-state index in [0.717, 1.165) is 0 Å². The van der Waals surface area contributed by atoms with E-state index in [2.05, 4.69) is 23.7 Å². The second-order valence-electron chi connectivity index (χ2n) is 5.94. The molecule has 0 N–H and O–H groups in total. The van der Waals surface area contributed by atoms with Crippen LogP contribution in [0.3, 0.4) is 0 Å². The summed E-state index contributed by atoms with van der Waals surface area (Å²) in [4.78, 5) is 0. The van der Waals surface area contributed by atoms with Crippen LogP contribution in [0.1, 0.15) is 0 Å². The Balaban J connectivity index is 1.86. The van der Waals surface area contributed by atoms with Gasteiger partial charge in [-0.1, -0.05) is 23.7 Å². The fraction of sp³-hybridized carbons (Fsp3) is 0.500. The molecule has 8 atom stereocenters. The SMILES string of the molecule is C#CC12C3C4C1C1(C#C)C4(C#C)C3C21C#C. The highest BCUT2D eigenvalue weighted by atomic mass is 15.2. The van der Waals surface area contributed by atoms with E-state index in [1.54, 1.807) is 0 Å². The lowest BCUT2D eigenvalue weighted by molar-refractivity contribution is -0.681. The van der Waals surface area contributed by atoms with Crippen molar-refractivity contribution in [3.63, 3.8) is 0 Å². The Morgan fingerprint density at radius 3 is 1.25 bits per heavy atom. The first-order chi connectivity index (χ1) is 7.72. The van der Waals surface area contributed by atoms with E-state index in [9.17, 15) is 0 Å². The Hall–Kier alpha value is -1.76. The zero-order valence-electron chi connectivity index (χ0n) is 8.62. The van der Waals surface area contributed by atoms with Crippen LogP contribution in [0.15, 0.2) is 0 Å². The van der Waals surface area contributed by atoms with E-state index in [0.29, 0.717) is 23.7 Å². The zero-order valence-corrected chi connectivity index (χ0v) is 8.62. The molecular weight excluding hydrogens is 192 g/mol. The van der Waals surface area contributed by atoms with Crippen LogP contribution in [0, 0.1) is 94.7 Å². The summed E-state index contributed by atoms with van der Waals surface area (Å²) in [6.45, 7) is 0. The summed E-state index contributed by atoms with van der Waals surface area (Å²) in [6.07, 6.45) is 22.9. The summed E-state index contributed by atoms with van der Waals surface area (Å²) >= 11 is 0. The minimum Gasteiger partial charge on any atom is -0.119 e. The molecular formula is C16H8. The van der Waals surface area contributed by atoms with Crippen LogP contribution in [0.5, 0.6) is 0 Å². The molecule has 0 heterocycles.